The molecule has 0 amide bonds. The van der Waals surface area contributed by atoms with Gasteiger partial charge < -0.3 is 4.57 Å². The second kappa shape index (κ2) is 9.58. The van der Waals surface area contributed by atoms with Gasteiger partial charge in [-0.15, -0.1) is 0 Å². The molecular formula is C38H25N3. The molecule has 3 aromatic heterocycles. The molecule has 8 aromatic rings. The van der Waals surface area contributed by atoms with Crippen molar-refractivity contribution in [3.8, 4) is 39.3 Å². The van der Waals surface area contributed by atoms with Gasteiger partial charge in [-0.3, -0.25) is 9.97 Å². The predicted molar refractivity (Wildman–Crippen MR) is 170 cm³/mol. The maximum Gasteiger partial charge on any atom is 0.0781 e. The van der Waals surface area contributed by atoms with Gasteiger partial charge in [0.15, 0.2) is 0 Å². The molecule has 0 aliphatic heterocycles. The summed E-state index contributed by atoms with van der Waals surface area (Å²) in [5, 5.41) is 4.80. The molecule has 0 aliphatic carbocycles. The van der Waals surface area contributed by atoms with Crippen LogP contribution in [0.25, 0.3) is 71.9 Å². The van der Waals surface area contributed by atoms with Gasteiger partial charge in [-0.2, -0.15) is 0 Å². The summed E-state index contributed by atoms with van der Waals surface area (Å²) in [4.78, 5) is 9.64. The van der Waals surface area contributed by atoms with Gasteiger partial charge in [-0.1, -0.05) is 103 Å². The SMILES string of the molecule is c1ccc(-c2ccc(-c3cccc(-n4c5ccccc5c5ccc(-c6nccc7ccccc67)cc54)c3)nc2)cc1. The number of benzene rings is 5. The van der Waals surface area contributed by atoms with Gasteiger partial charge in [0.2, 0.25) is 0 Å². The number of rotatable bonds is 4. The van der Waals surface area contributed by atoms with Crippen molar-refractivity contribution in [3.05, 3.63) is 152 Å². The Hall–Kier alpha value is -5.54. The Morgan fingerprint density at radius 3 is 2.07 bits per heavy atom. The van der Waals surface area contributed by atoms with Crippen LogP contribution in [0.1, 0.15) is 0 Å². The summed E-state index contributed by atoms with van der Waals surface area (Å²) < 4.78 is 2.36. The van der Waals surface area contributed by atoms with Crippen LogP contribution >= 0.6 is 0 Å². The molecule has 192 valence electrons. The van der Waals surface area contributed by atoms with Crippen LogP contribution in [0.4, 0.5) is 0 Å². The van der Waals surface area contributed by atoms with E-state index in [0.717, 1.165) is 44.7 Å². The molecule has 0 spiro atoms. The van der Waals surface area contributed by atoms with Gasteiger partial charge in [-0.05, 0) is 47.3 Å². The van der Waals surface area contributed by atoms with Gasteiger partial charge in [-0.25, -0.2) is 0 Å². The van der Waals surface area contributed by atoms with Crippen molar-refractivity contribution in [1.29, 1.82) is 0 Å². The Labute approximate surface area is 238 Å². The molecule has 0 aliphatic rings. The Balaban J connectivity index is 1.29. The molecule has 8 rings (SSSR count). The van der Waals surface area contributed by atoms with E-state index in [9.17, 15) is 0 Å². The summed E-state index contributed by atoms with van der Waals surface area (Å²) in [6, 6.07) is 49.1. The van der Waals surface area contributed by atoms with Crippen molar-refractivity contribution < 1.29 is 0 Å². The first kappa shape index (κ1) is 23.4. The van der Waals surface area contributed by atoms with E-state index < -0.39 is 0 Å². The highest BCUT2D eigenvalue weighted by molar-refractivity contribution is 6.10. The van der Waals surface area contributed by atoms with E-state index in [2.05, 4.69) is 138 Å². The van der Waals surface area contributed by atoms with E-state index in [1.807, 2.05) is 18.5 Å². The predicted octanol–water partition coefficient (Wildman–Crippen LogP) is 9.73. The third-order valence-corrected chi connectivity index (χ3v) is 7.89. The van der Waals surface area contributed by atoms with Crippen LogP contribution in [0.15, 0.2) is 152 Å². The van der Waals surface area contributed by atoms with Crippen LogP contribution in [0.5, 0.6) is 0 Å². The molecule has 0 N–H and O–H groups in total. The van der Waals surface area contributed by atoms with Crippen LogP contribution < -0.4 is 0 Å². The third kappa shape index (κ3) is 3.98. The minimum Gasteiger partial charge on any atom is -0.309 e. The molecule has 3 heteroatoms. The summed E-state index contributed by atoms with van der Waals surface area (Å²) in [5.74, 6) is 0. The van der Waals surface area contributed by atoms with Gasteiger partial charge in [0, 0.05) is 50.9 Å². The number of hydrogen-bond donors (Lipinski definition) is 0. The van der Waals surface area contributed by atoms with E-state index in [-0.39, 0.29) is 0 Å². The van der Waals surface area contributed by atoms with E-state index in [4.69, 9.17) is 9.97 Å². The van der Waals surface area contributed by atoms with Gasteiger partial charge >= 0.3 is 0 Å². The summed E-state index contributed by atoms with van der Waals surface area (Å²) >= 11 is 0. The van der Waals surface area contributed by atoms with Crippen molar-refractivity contribution in [2.24, 2.45) is 0 Å². The molecule has 0 unspecified atom stereocenters. The fourth-order valence-electron chi connectivity index (χ4n) is 5.92. The average molecular weight is 524 g/mol. The fourth-order valence-corrected chi connectivity index (χ4v) is 5.92. The van der Waals surface area contributed by atoms with Gasteiger partial charge in [0.1, 0.15) is 0 Å². The molecule has 0 saturated heterocycles. The zero-order chi connectivity index (χ0) is 27.2. The topological polar surface area (TPSA) is 30.7 Å². The second-order valence-electron chi connectivity index (χ2n) is 10.3. The molecule has 3 heterocycles. The zero-order valence-electron chi connectivity index (χ0n) is 22.3. The highest BCUT2D eigenvalue weighted by Crippen LogP contribution is 2.36. The van der Waals surface area contributed by atoms with E-state index in [0.29, 0.717) is 0 Å². The highest BCUT2D eigenvalue weighted by atomic mass is 15.0. The van der Waals surface area contributed by atoms with Crippen molar-refractivity contribution in [2.45, 2.75) is 0 Å². The quantitative estimate of drug-likeness (QED) is 0.230. The maximum absolute atomic E-state index is 4.84. The number of aromatic nitrogens is 3. The van der Waals surface area contributed by atoms with Gasteiger partial charge in [0.05, 0.1) is 22.4 Å². The molecule has 3 nitrogen and oxygen atoms in total. The van der Waals surface area contributed by atoms with Crippen LogP contribution in [-0.2, 0) is 0 Å². The largest absolute Gasteiger partial charge is 0.309 e. The summed E-state index contributed by atoms with van der Waals surface area (Å²) in [6.45, 7) is 0. The number of fused-ring (bicyclic) bond motifs is 4. The number of nitrogens with zero attached hydrogens (tertiary/aromatic N) is 3. The second-order valence-corrected chi connectivity index (χ2v) is 10.3. The minimum absolute atomic E-state index is 0.952. The normalized spacial score (nSPS) is 11.4. The lowest BCUT2D eigenvalue weighted by atomic mass is 10.0. The summed E-state index contributed by atoms with van der Waals surface area (Å²) in [5.41, 5.74) is 9.85. The monoisotopic (exact) mass is 523 g/mol. The standard InChI is InChI=1S/C38H25N3/c1-2-9-26(10-3-1)30-18-20-35(40-25-30)28-12-8-13-31(23-28)41-36-16-7-6-15-33(36)34-19-17-29(24-37(34)41)38-32-14-5-4-11-27(32)21-22-39-38/h1-25H. The highest BCUT2D eigenvalue weighted by Gasteiger charge is 2.15. The number of pyridine rings is 2. The number of para-hydroxylation sites is 1. The molecule has 0 atom stereocenters. The average Bonchev–Trinajstić information content (AvgIpc) is 3.39. The lowest BCUT2D eigenvalue weighted by Crippen LogP contribution is -1.95. The van der Waals surface area contributed by atoms with Crippen molar-refractivity contribution in [1.82, 2.24) is 14.5 Å². The Kier molecular flexibility index (Phi) is 5.46. The van der Waals surface area contributed by atoms with Crippen LogP contribution in [0.2, 0.25) is 0 Å². The lowest BCUT2D eigenvalue weighted by molar-refractivity contribution is 1.18. The zero-order valence-corrected chi connectivity index (χ0v) is 22.3. The van der Waals surface area contributed by atoms with Crippen molar-refractivity contribution in [3.63, 3.8) is 0 Å². The van der Waals surface area contributed by atoms with Gasteiger partial charge in [0.25, 0.3) is 0 Å². The molecule has 0 radical (unpaired) electrons. The lowest BCUT2D eigenvalue weighted by Gasteiger charge is -2.11. The molecular weight excluding hydrogens is 498 g/mol. The molecule has 0 saturated carbocycles. The first-order valence-electron chi connectivity index (χ1n) is 13.8. The summed E-state index contributed by atoms with van der Waals surface area (Å²) in [6.07, 6.45) is 3.86. The van der Waals surface area contributed by atoms with Crippen LogP contribution in [0, 0.1) is 0 Å². The van der Waals surface area contributed by atoms with E-state index in [1.54, 1.807) is 0 Å². The fraction of sp³-hybridized carbons (Fsp3) is 0. The van der Waals surface area contributed by atoms with Crippen LogP contribution in [-0.4, -0.2) is 14.5 Å². The maximum atomic E-state index is 4.84. The first-order chi connectivity index (χ1) is 20.3. The Bertz CT molecular complexity index is 2190. The molecule has 41 heavy (non-hydrogen) atoms. The van der Waals surface area contributed by atoms with Crippen molar-refractivity contribution in [2.75, 3.05) is 0 Å². The molecule has 5 aromatic carbocycles. The summed E-state index contributed by atoms with van der Waals surface area (Å²) in [7, 11) is 0. The first-order valence-corrected chi connectivity index (χ1v) is 13.8. The number of hydrogen-bond acceptors (Lipinski definition) is 2. The Morgan fingerprint density at radius 2 is 1.20 bits per heavy atom. The molecule has 0 bridgehead atoms. The molecule has 0 fully saturated rings. The van der Waals surface area contributed by atoms with E-state index >= 15 is 0 Å². The van der Waals surface area contributed by atoms with Crippen LogP contribution in [0.3, 0.4) is 0 Å². The third-order valence-electron chi connectivity index (χ3n) is 7.89. The van der Waals surface area contributed by atoms with Crippen molar-refractivity contribution >= 4 is 32.6 Å². The Morgan fingerprint density at radius 1 is 0.439 bits per heavy atom. The van der Waals surface area contributed by atoms with E-state index in [1.165, 1.54) is 27.2 Å². The minimum atomic E-state index is 0.952. The smallest absolute Gasteiger partial charge is 0.0781 e.